The number of pyridine rings is 1. The molecule has 0 aliphatic heterocycles. The summed E-state index contributed by atoms with van der Waals surface area (Å²) < 4.78 is 9.89. The summed E-state index contributed by atoms with van der Waals surface area (Å²) >= 11 is 0. The average Bonchev–Trinajstić information content (AvgIpc) is 2.48. The molecule has 0 saturated heterocycles. The zero-order valence-corrected chi connectivity index (χ0v) is 11.1. The van der Waals surface area contributed by atoms with Gasteiger partial charge in [-0.1, -0.05) is 6.07 Å². The summed E-state index contributed by atoms with van der Waals surface area (Å²) in [5.74, 6) is 0.0417. The van der Waals surface area contributed by atoms with E-state index < -0.39 is 5.91 Å². The van der Waals surface area contributed by atoms with Gasteiger partial charge in [0.15, 0.2) is 11.5 Å². The molecule has 1 aromatic carbocycles. The van der Waals surface area contributed by atoms with Gasteiger partial charge in [-0.2, -0.15) is 0 Å². The molecule has 2 N–H and O–H groups in total. The molecular weight excluding hydrogens is 260 g/mol. The van der Waals surface area contributed by atoms with E-state index in [9.17, 15) is 9.90 Å². The number of anilines is 1. The number of nitrogens with zero attached hydrogens (tertiary/aromatic N) is 1. The highest BCUT2D eigenvalue weighted by Crippen LogP contribution is 2.29. The molecule has 6 nitrogen and oxygen atoms in total. The lowest BCUT2D eigenvalue weighted by molar-refractivity contribution is 0.102. The van der Waals surface area contributed by atoms with Crippen molar-refractivity contribution in [2.75, 3.05) is 19.5 Å². The fraction of sp³-hybridized carbons (Fsp3) is 0.143. The number of aromatic hydroxyl groups is 1. The fourth-order valence-corrected chi connectivity index (χ4v) is 1.64. The van der Waals surface area contributed by atoms with Gasteiger partial charge in [0.2, 0.25) is 5.88 Å². The van der Waals surface area contributed by atoms with Gasteiger partial charge in [-0.25, -0.2) is 4.98 Å². The first kappa shape index (κ1) is 13.7. The minimum atomic E-state index is -0.451. The van der Waals surface area contributed by atoms with Crippen LogP contribution in [0.3, 0.4) is 0 Å². The Morgan fingerprint density at radius 1 is 1.20 bits per heavy atom. The Balaban J connectivity index is 2.19. The van der Waals surface area contributed by atoms with Crippen molar-refractivity contribution in [2.24, 2.45) is 0 Å². The van der Waals surface area contributed by atoms with Crippen LogP contribution in [-0.2, 0) is 0 Å². The van der Waals surface area contributed by atoms with Crippen LogP contribution in [0.15, 0.2) is 36.5 Å². The Hall–Kier alpha value is -2.76. The van der Waals surface area contributed by atoms with Gasteiger partial charge >= 0.3 is 0 Å². The van der Waals surface area contributed by atoms with E-state index in [2.05, 4.69) is 10.3 Å². The first-order valence-electron chi connectivity index (χ1n) is 5.83. The van der Waals surface area contributed by atoms with E-state index in [0.29, 0.717) is 11.6 Å². The number of nitrogens with one attached hydrogen (secondary N) is 1. The van der Waals surface area contributed by atoms with E-state index in [4.69, 9.17) is 9.47 Å². The van der Waals surface area contributed by atoms with Gasteiger partial charge in [-0.05, 0) is 18.2 Å². The maximum Gasteiger partial charge on any atom is 0.259 e. The highest BCUT2D eigenvalue weighted by molar-refractivity contribution is 6.06. The van der Waals surface area contributed by atoms with Crippen LogP contribution < -0.4 is 14.8 Å². The lowest BCUT2D eigenvalue weighted by atomic mass is 10.1. The number of aromatic nitrogens is 1. The Kier molecular flexibility index (Phi) is 4.05. The van der Waals surface area contributed by atoms with Crippen molar-refractivity contribution in [1.29, 1.82) is 0 Å². The highest BCUT2D eigenvalue weighted by Gasteiger charge is 2.14. The van der Waals surface area contributed by atoms with Crippen molar-refractivity contribution in [1.82, 2.24) is 4.98 Å². The molecule has 0 radical (unpaired) electrons. The van der Waals surface area contributed by atoms with Gasteiger partial charge in [0.1, 0.15) is 0 Å². The molecule has 0 fully saturated rings. The predicted octanol–water partition coefficient (Wildman–Crippen LogP) is 2.06. The number of phenolic OH excluding ortho intramolecular Hbond substituents is 1. The largest absolute Gasteiger partial charge is 0.504 e. The van der Waals surface area contributed by atoms with Gasteiger partial charge < -0.3 is 19.9 Å². The van der Waals surface area contributed by atoms with Gasteiger partial charge in [0, 0.05) is 6.07 Å². The molecule has 1 aromatic heterocycles. The average molecular weight is 274 g/mol. The standard InChI is InChI=1S/C14H14N2O4/c1-19-11-5-3-4-10(13(11)17)14(18)16-9-6-7-12(20-2)15-8-9/h3-8,17H,1-2H3,(H,16,18). The summed E-state index contributed by atoms with van der Waals surface area (Å²) in [7, 11) is 2.93. The molecule has 2 rings (SSSR count). The second kappa shape index (κ2) is 5.92. The molecular formula is C14H14N2O4. The van der Waals surface area contributed by atoms with Crippen molar-refractivity contribution in [3.63, 3.8) is 0 Å². The molecule has 1 amide bonds. The molecule has 20 heavy (non-hydrogen) atoms. The number of amides is 1. The van der Waals surface area contributed by atoms with Crippen LogP contribution in [0.2, 0.25) is 0 Å². The monoisotopic (exact) mass is 274 g/mol. The summed E-state index contributed by atoms with van der Waals surface area (Å²) in [4.78, 5) is 16.0. The van der Waals surface area contributed by atoms with Crippen molar-refractivity contribution < 1.29 is 19.4 Å². The van der Waals surface area contributed by atoms with Crippen LogP contribution in [-0.4, -0.2) is 30.2 Å². The van der Waals surface area contributed by atoms with E-state index in [-0.39, 0.29) is 17.1 Å². The molecule has 0 aliphatic carbocycles. The molecule has 0 atom stereocenters. The van der Waals surface area contributed by atoms with E-state index in [1.165, 1.54) is 26.5 Å². The molecule has 104 valence electrons. The van der Waals surface area contributed by atoms with Crippen LogP contribution >= 0.6 is 0 Å². The number of phenols is 1. The molecule has 0 aliphatic rings. The highest BCUT2D eigenvalue weighted by atomic mass is 16.5. The molecule has 0 spiro atoms. The minimum absolute atomic E-state index is 0.125. The smallest absolute Gasteiger partial charge is 0.259 e. The second-order valence-electron chi connectivity index (χ2n) is 3.90. The Labute approximate surface area is 116 Å². The number of carbonyl (C=O) groups excluding carboxylic acids is 1. The third-order valence-corrected chi connectivity index (χ3v) is 2.67. The van der Waals surface area contributed by atoms with Crippen molar-refractivity contribution in [3.05, 3.63) is 42.1 Å². The van der Waals surface area contributed by atoms with Crippen LogP contribution in [0.4, 0.5) is 5.69 Å². The van der Waals surface area contributed by atoms with Crippen molar-refractivity contribution in [2.45, 2.75) is 0 Å². The number of benzene rings is 1. The van der Waals surface area contributed by atoms with Crippen molar-refractivity contribution in [3.8, 4) is 17.4 Å². The Morgan fingerprint density at radius 3 is 2.60 bits per heavy atom. The number of hydrogen-bond acceptors (Lipinski definition) is 5. The molecule has 6 heteroatoms. The lowest BCUT2D eigenvalue weighted by Gasteiger charge is -2.09. The molecule has 1 heterocycles. The van der Waals surface area contributed by atoms with Crippen LogP contribution in [0.5, 0.6) is 17.4 Å². The number of rotatable bonds is 4. The maximum atomic E-state index is 12.1. The normalized spacial score (nSPS) is 9.90. The second-order valence-corrected chi connectivity index (χ2v) is 3.90. The zero-order chi connectivity index (χ0) is 14.5. The molecule has 0 bridgehead atoms. The summed E-state index contributed by atoms with van der Waals surface area (Å²) in [6.45, 7) is 0. The lowest BCUT2D eigenvalue weighted by Crippen LogP contribution is -2.12. The van der Waals surface area contributed by atoms with Gasteiger partial charge in [-0.3, -0.25) is 4.79 Å². The Morgan fingerprint density at radius 2 is 2.00 bits per heavy atom. The van der Waals surface area contributed by atoms with Crippen molar-refractivity contribution >= 4 is 11.6 Å². The maximum absolute atomic E-state index is 12.1. The van der Waals surface area contributed by atoms with E-state index in [1.54, 1.807) is 24.3 Å². The molecule has 0 unspecified atom stereocenters. The third kappa shape index (κ3) is 2.80. The first-order chi connectivity index (χ1) is 9.65. The number of ether oxygens (including phenoxy) is 2. The topological polar surface area (TPSA) is 80.7 Å². The van der Waals surface area contributed by atoms with Gasteiger partial charge in [-0.15, -0.1) is 0 Å². The predicted molar refractivity (Wildman–Crippen MR) is 73.4 cm³/mol. The zero-order valence-electron chi connectivity index (χ0n) is 11.1. The minimum Gasteiger partial charge on any atom is -0.504 e. The van der Waals surface area contributed by atoms with Crippen LogP contribution in [0.1, 0.15) is 10.4 Å². The van der Waals surface area contributed by atoms with E-state index in [0.717, 1.165) is 0 Å². The number of methoxy groups -OCH3 is 2. The summed E-state index contributed by atoms with van der Waals surface area (Å²) in [6.07, 6.45) is 1.47. The first-order valence-corrected chi connectivity index (χ1v) is 5.83. The number of hydrogen-bond donors (Lipinski definition) is 2. The van der Waals surface area contributed by atoms with Gasteiger partial charge in [0.25, 0.3) is 5.91 Å². The number of para-hydroxylation sites is 1. The quantitative estimate of drug-likeness (QED) is 0.892. The Bertz CT molecular complexity index is 611. The molecule has 0 saturated carbocycles. The molecule has 2 aromatic rings. The summed E-state index contributed by atoms with van der Waals surface area (Å²) in [5, 5.41) is 12.5. The summed E-state index contributed by atoms with van der Waals surface area (Å²) in [5.41, 5.74) is 0.623. The van der Waals surface area contributed by atoms with Crippen LogP contribution in [0.25, 0.3) is 0 Å². The summed E-state index contributed by atoms with van der Waals surface area (Å²) in [6, 6.07) is 7.98. The third-order valence-electron chi connectivity index (χ3n) is 2.67. The van der Waals surface area contributed by atoms with E-state index >= 15 is 0 Å². The number of carbonyl (C=O) groups is 1. The van der Waals surface area contributed by atoms with Gasteiger partial charge in [0.05, 0.1) is 31.7 Å². The fourth-order valence-electron chi connectivity index (χ4n) is 1.64. The van der Waals surface area contributed by atoms with E-state index in [1.807, 2.05) is 0 Å². The van der Waals surface area contributed by atoms with Crippen LogP contribution in [0, 0.1) is 0 Å². The SMILES string of the molecule is COc1ccc(NC(=O)c2cccc(OC)c2O)cn1.